The van der Waals surface area contributed by atoms with Gasteiger partial charge in [-0.1, -0.05) is 134 Å². The van der Waals surface area contributed by atoms with Crippen molar-refractivity contribution >= 4 is 7.82 Å². The summed E-state index contributed by atoms with van der Waals surface area (Å²) in [6, 6.07) is 9.45. The molecule has 1 rings (SSSR count). The van der Waals surface area contributed by atoms with Crippen molar-refractivity contribution in [2.24, 2.45) is 0 Å². The molecule has 0 aliphatic rings. The second-order valence-electron chi connectivity index (χ2n) is 8.30. The van der Waals surface area contributed by atoms with Crippen LogP contribution in [-0.4, -0.2) is 9.79 Å². The molecule has 0 radical (unpaired) electrons. The Morgan fingerprint density at radius 1 is 0.774 bits per heavy atom. The summed E-state index contributed by atoms with van der Waals surface area (Å²) in [5.74, 6) is 0. The Morgan fingerprint density at radius 2 is 1.19 bits per heavy atom. The predicted molar refractivity (Wildman–Crippen MR) is 124 cm³/mol. The van der Waals surface area contributed by atoms with Crippen molar-refractivity contribution in [1.29, 1.82) is 0 Å². The summed E-state index contributed by atoms with van der Waals surface area (Å²) in [7, 11) is -4.64. The number of hydrogen-bond donors (Lipinski definition) is 2. The summed E-state index contributed by atoms with van der Waals surface area (Å²) in [6.07, 6.45) is 19.8. The van der Waals surface area contributed by atoms with E-state index >= 15 is 0 Å². The smallest absolute Gasteiger partial charge is 1.00 e. The quantitative estimate of drug-likeness (QED) is 0.0914. The van der Waals surface area contributed by atoms with Gasteiger partial charge in [-0.05, 0) is 12.0 Å². The van der Waals surface area contributed by atoms with E-state index in [0.717, 1.165) is 18.4 Å². The first kappa shape index (κ1) is 31.3. The van der Waals surface area contributed by atoms with Gasteiger partial charge in [-0.15, -0.1) is 4.67 Å². The first-order chi connectivity index (χ1) is 14.5. The molecular formula is C24H44NaO5P. The van der Waals surface area contributed by atoms with Crippen molar-refractivity contribution in [2.75, 3.05) is 0 Å². The number of benzene rings is 1. The van der Waals surface area contributed by atoms with Crippen LogP contribution < -0.4 is 29.6 Å². The zero-order valence-electron chi connectivity index (χ0n) is 20.8. The van der Waals surface area contributed by atoms with Crippen LogP contribution in [0, 0.1) is 0 Å². The molecular weight excluding hydrogens is 422 g/mol. The van der Waals surface area contributed by atoms with Gasteiger partial charge >= 0.3 is 37.4 Å². The van der Waals surface area contributed by atoms with E-state index < -0.39 is 13.9 Å². The van der Waals surface area contributed by atoms with E-state index in [0.29, 0.717) is 6.42 Å². The summed E-state index contributed by atoms with van der Waals surface area (Å²) in [4.78, 5) is 22.8. The average Bonchev–Trinajstić information content (AvgIpc) is 2.73. The Morgan fingerprint density at radius 3 is 1.61 bits per heavy atom. The summed E-state index contributed by atoms with van der Waals surface area (Å²) in [5, 5.41) is 0. The van der Waals surface area contributed by atoms with Crippen molar-refractivity contribution in [3.05, 3.63) is 35.9 Å². The van der Waals surface area contributed by atoms with Gasteiger partial charge in [0.1, 0.15) is 6.10 Å². The van der Waals surface area contributed by atoms with E-state index in [1.165, 1.54) is 83.5 Å². The maximum atomic E-state index is 10.9. The first-order valence-electron chi connectivity index (χ1n) is 12.0. The number of hydrogen-bond acceptors (Lipinski definition) is 3. The van der Waals surface area contributed by atoms with Crippen molar-refractivity contribution < 1.29 is 54.9 Å². The van der Waals surface area contributed by atoms with Crippen molar-refractivity contribution in [1.82, 2.24) is 0 Å². The van der Waals surface area contributed by atoms with Crippen LogP contribution in [0.5, 0.6) is 0 Å². The molecule has 0 amide bonds. The van der Waals surface area contributed by atoms with Crippen LogP contribution in [0.15, 0.2) is 30.3 Å². The van der Waals surface area contributed by atoms with Crippen LogP contribution in [0.25, 0.3) is 0 Å². The van der Waals surface area contributed by atoms with E-state index in [1.807, 2.05) is 30.3 Å². The van der Waals surface area contributed by atoms with Gasteiger partial charge in [-0.3, -0.25) is 0 Å². The summed E-state index contributed by atoms with van der Waals surface area (Å²) >= 11 is 0. The molecule has 5 nitrogen and oxygen atoms in total. The summed E-state index contributed by atoms with van der Waals surface area (Å²) in [6.45, 7) is 2.26. The summed E-state index contributed by atoms with van der Waals surface area (Å²) < 4.78 is 15.2. The molecule has 1 atom stereocenters. The second kappa shape index (κ2) is 20.9. The average molecular weight is 467 g/mol. The molecule has 2 N–H and O–H groups in total. The van der Waals surface area contributed by atoms with Crippen LogP contribution in [0.4, 0.5) is 0 Å². The molecule has 0 saturated heterocycles. The zero-order valence-corrected chi connectivity index (χ0v) is 22.7. The third-order valence-electron chi connectivity index (χ3n) is 5.50. The fourth-order valence-electron chi connectivity index (χ4n) is 3.75. The molecule has 7 heteroatoms. The second-order valence-corrected chi connectivity index (χ2v) is 9.43. The van der Waals surface area contributed by atoms with E-state index in [2.05, 4.69) is 11.6 Å². The van der Waals surface area contributed by atoms with Gasteiger partial charge in [0.25, 0.3) is 0 Å². The topological polar surface area (TPSA) is 76.0 Å². The standard InChI is InChI=1S/C24H43O5P.Na.H/c1-2-3-4-5-6-7-8-9-10-11-12-13-14-15-19-22-24(28-29-30(25,26)27)23-20-17-16-18-21-23;;/h16-18,20-21,24H,2-15,19,22H2,1H3,(H2,25,26,27);;/q;+1;-1. The normalized spacial score (nSPS) is 12.5. The molecule has 1 aromatic carbocycles. The maximum absolute atomic E-state index is 10.9. The fourth-order valence-corrected chi connectivity index (χ4v) is 3.96. The molecule has 0 aliphatic carbocycles. The van der Waals surface area contributed by atoms with Crippen LogP contribution in [0.1, 0.15) is 123 Å². The minimum Gasteiger partial charge on any atom is -1.00 e. The molecule has 0 saturated carbocycles. The Kier molecular flexibility index (Phi) is 21.1. The minimum atomic E-state index is -4.64. The molecule has 0 fully saturated rings. The van der Waals surface area contributed by atoms with E-state index in [4.69, 9.17) is 14.7 Å². The maximum Gasteiger partial charge on any atom is 1.00 e. The van der Waals surface area contributed by atoms with Crippen LogP contribution in [0.2, 0.25) is 0 Å². The Hall–Kier alpha value is 0.290. The van der Waals surface area contributed by atoms with E-state index in [-0.39, 0.29) is 31.0 Å². The third kappa shape index (κ3) is 19.5. The van der Waals surface area contributed by atoms with Crippen LogP contribution in [-0.2, 0) is 14.1 Å². The minimum absolute atomic E-state index is 0. The van der Waals surface area contributed by atoms with Gasteiger partial charge < -0.3 is 11.2 Å². The largest absolute Gasteiger partial charge is 1.00 e. The van der Waals surface area contributed by atoms with Gasteiger partial charge in [-0.2, -0.15) is 0 Å². The van der Waals surface area contributed by atoms with Gasteiger partial charge in [0.2, 0.25) is 0 Å². The Labute approximate surface area is 213 Å². The van der Waals surface area contributed by atoms with Crippen molar-refractivity contribution in [3.63, 3.8) is 0 Å². The molecule has 0 heterocycles. The molecule has 1 aromatic rings. The Bertz CT molecular complexity index is 559. The molecule has 1 unspecified atom stereocenters. The van der Waals surface area contributed by atoms with Gasteiger partial charge in [0, 0.05) is 0 Å². The van der Waals surface area contributed by atoms with E-state index in [9.17, 15) is 4.57 Å². The SMILES string of the molecule is CCCCCCCCCCCCCCCCCC(OOP(=O)(O)O)c1ccccc1.[H-].[Na+]. The number of phosphoric acid groups is 1. The Balaban J connectivity index is 0. The third-order valence-corrected chi connectivity index (χ3v) is 5.78. The zero-order chi connectivity index (χ0) is 21.9. The fraction of sp³-hybridized carbons (Fsp3) is 0.750. The van der Waals surface area contributed by atoms with Gasteiger partial charge in [-0.25, -0.2) is 9.45 Å². The molecule has 0 aliphatic heterocycles. The molecule has 0 aromatic heterocycles. The van der Waals surface area contributed by atoms with Gasteiger partial charge in [0.15, 0.2) is 0 Å². The van der Waals surface area contributed by atoms with Crippen LogP contribution in [0.3, 0.4) is 0 Å². The van der Waals surface area contributed by atoms with Gasteiger partial charge in [0.05, 0.1) is 0 Å². The molecule has 0 bridgehead atoms. The number of rotatable bonds is 20. The molecule has 0 spiro atoms. The molecule has 176 valence electrons. The first-order valence-corrected chi connectivity index (χ1v) is 13.5. The van der Waals surface area contributed by atoms with Crippen molar-refractivity contribution in [2.45, 2.75) is 116 Å². The van der Waals surface area contributed by atoms with Crippen molar-refractivity contribution in [3.8, 4) is 0 Å². The monoisotopic (exact) mass is 466 g/mol. The van der Waals surface area contributed by atoms with Crippen LogP contribution >= 0.6 is 7.82 Å². The van der Waals surface area contributed by atoms with E-state index in [1.54, 1.807) is 0 Å². The number of unbranched alkanes of at least 4 members (excludes halogenated alkanes) is 14. The predicted octanol–water partition coefficient (Wildman–Crippen LogP) is 5.15. The molecule has 31 heavy (non-hydrogen) atoms. The summed E-state index contributed by atoms with van der Waals surface area (Å²) in [5.41, 5.74) is 0.872.